The van der Waals surface area contributed by atoms with E-state index in [-0.39, 0.29) is 17.5 Å². The monoisotopic (exact) mass is 718 g/mol. The van der Waals surface area contributed by atoms with Crippen LogP contribution in [0.2, 0.25) is 0 Å². The Balaban J connectivity index is 1.18. The number of para-hydroxylation sites is 2. The minimum atomic E-state index is -4.46. The number of nitrogen functional groups attached to an aromatic ring is 1. The fourth-order valence-corrected chi connectivity index (χ4v) is 6.66. The molecule has 11 nitrogen and oxygen atoms in total. The summed E-state index contributed by atoms with van der Waals surface area (Å²) in [4.78, 5) is 24.5. The van der Waals surface area contributed by atoms with Crippen molar-refractivity contribution in [2.24, 2.45) is 0 Å². The Bertz CT molecular complexity index is 2120. The smallest absolute Gasteiger partial charge is 0.264 e. The predicted molar refractivity (Wildman–Crippen MR) is 193 cm³/mol. The number of rotatable bonds is 17. The normalized spacial score (nSPS) is 11.4. The maximum absolute atomic E-state index is 14.4. The molecule has 0 saturated carbocycles. The molecule has 3 aromatic carbocycles. The summed E-state index contributed by atoms with van der Waals surface area (Å²) < 4.78 is 67.8. The third-order valence-corrected chi connectivity index (χ3v) is 9.65. The molecule has 4 N–H and O–H groups in total. The van der Waals surface area contributed by atoms with Gasteiger partial charge in [0.15, 0.2) is 0 Å². The SMILES string of the molecule is COc1ncc(-c2cc(OCCCCCCCCCC(=O)Nc3ccccc3N)c3ncnc(C)c3c2)cc1NS(=O)(=O)c1ccc(F)cc1F. The van der Waals surface area contributed by atoms with Gasteiger partial charge in [0.05, 0.1) is 25.1 Å². The lowest BCUT2D eigenvalue weighted by Gasteiger charge is -2.15. The van der Waals surface area contributed by atoms with Crippen molar-refractivity contribution in [1.82, 2.24) is 15.0 Å². The molecule has 5 aromatic rings. The van der Waals surface area contributed by atoms with Crippen molar-refractivity contribution in [2.75, 3.05) is 29.5 Å². The van der Waals surface area contributed by atoms with Crippen LogP contribution in [0, 0.1) is 18.6 Å². The van der Waals surface area contributed by atoms with Gasteiger partial charge in [-0.25, -0.2) is 32.2 Å². The Morgan fingerprint density at radius 1 is 0.863 bits per heavy atom. The van der Waals surface area contributed by atoms with E-state index in [1.807, 2.05) is 25.1 Å². The summed E-state index contributed by atoms with van der Waals surface area (Å²) in [5.41, 5.74) is 9.58. The number of sulfonamides is 1. The number of nitrogens with one attached hydrogen (secondary N) is 2. The molecule has 51 heavy (non-hydrogen) atoms. The van der Waals surface area contributed by atoms with E-state index >= 15 is 0 Å². The molecule has 0 atom stereocenters. The first-order valence-corrected chi connectivity index (χ1v) is 18.1. The highest BCUT2D eigenvalue weighted by Crippen LogP contribution is 2.36. The number of carbonyl (C=O) groups is 1. The standard InChI is InChI=1S/C37H40F2N6O5S/c1-24-28-18-25(26-19-32(37(49-2)41-22-26)45-51(47,48)34-16-15-27(38)21-29(34)39)20-33(36(28)43-23-42-24)50-17-11-7-5-3-4-6-8-14-35(46)44-31-13-10-9-12-30(31)40/h9-10,12-13,15-16,18-23,45H,3-8,11,14,17,40H2,1-2H3,(H,44,46). The molecule has 0 radical (unpaired) electrons. The van der Waals surface area contributed by atoms with Crippen LogP contribution in [0.5, 0.6) is 11.6 Å². The first-order chi connectivity index (χ1) is 24.6. The summed E-state index contributed by atoms with van der Waals surface area (Å²) in [6.07, 6.45) is 10.2. The lowest BCUT2D eigenvalue weighted by Crippen LogP contribution is -2.15. The number of unbranched alkanes of at least 4 members (excludes halogenated alkanes) is 6. The second-order valence-electron chi connectivity index (χ2n) is 12.0. The first kappa shape index (κ1) is 36.9. The van der Waals surface area contributed by atoms with Crippen LogP contribution >= 0.6 is 0 Å². The Labute approximate surface area is 295 Å². The number of fused-ring (bicyclic) bond motifs is 1. The van der Waals surface area contributed by atoms with Gasteiger partial charge in [0.2, 0.25) is 11.8 Å². The van der Waals surface area contributed by atoms with Gasteiger partial charge in [-0.1, -0.05) is 44.2 Å². The molecule has 0 bridgehead atoms. The second kappa shape index (κ2) is 17.0. The Morgan fingerprint density at radius 3 is 2.35 bits per heavy atom. The molecule has 2 aromatic heterocycles. The molecule has 5 rings (SSSR count). The highest BCUT2D eigenvalue weighted by atomic mass is 32.2. The number of hydrogen-bond acceptors (Lipinski definition) is 9. The number of hydrogen-bond donors (Lipinski definition) is 3. The number of aryl methyl sites for hydroxylation is 1. The van der Waals surface area contributed by atoms with Gasteiger partial charge < -0.3 is 20.5 Å². The molecule has 0 aliphatic heterocycles. The van der Waals surface area contributed by atoms with Gasteiger partial charge in [-0.15, -0.1) is 0 Å². The largest absolute Gasteiger partial charge is 0.491 e. The van der Waals surface area contributed by atoms with Crippen molar-refractivity contribution in [1.29, 1.82) is 0 Å². The van der Waals surface area contributed by atoms with Gasteiger partial charge in [-0.3, -0.25) is 9.52 Å². The van der Waals surface area contributed by atoms with Crippen LogP contribution in [0.1, 0.15) is 57.1 Å². The molecule has 0 saturated heterocycles. The number of amides is 1. The maximum atomic E-state index is 14.4. The van der Waals surface area contributed by atoms with Gasteiger partial charge in [-0.2, -0.15) is 0 Å². The average Bonchev–Trinajstić information content (AvgIpc) is 3.10. The van der Waals surface area contributed by atoms with E-state index in [2.05, 4.69) is 25.0 Å². The highest BCUT2D eigenvalue weighted by Gasteiger charge is 2.23. The van der Waals surface area contributed by atoms with Gasteiger partial charge in [0.1, 0.15) is 39.8 Å². The number of aromatic nitrogens is 3. The van der Waals surface area contributed by atoms with Crippen molar-refractivity contribution >= 4 is 43.9 Å². The van der Waals surface area contributed by atoms with Crippen molar-refractivity contribution in [3.05, 3.63) is 90.5 Å². The fourth-order valence-electron chi connectivity index (χ4n) is 5.55. The molecule has 0 spiro atoms. The lowest BCUT2D eigenvalue weighted by molar-refractivity contribution is -0.116. The number of pyridine rings is 1. The van der Waals surface area contributed by atoms with E-state index in [0.29, 0.717) is 52.9 Å². The summed E-state index contributed by atoms with van der Waals surface area (Å²) in [6, 6.07) is 14.6. The van der Waals surface area contributed by atoms with E-state index in [1.165, 1.54) is 25.7 Å². The summed E-state index contributed by atoms with van der Waals surface area (Å²) >= 11 is 0. The number of halogens is 2. The summed E-state index contributed by atoms with van der Waals surface area (Å²) in [5.74, 6) is -1.67. The molecule has 0 aliphatic carbocycles. The summed E-state index contributed by atoms with van der Waals surface area (Å²) in [7, 11) is -3.13. The number of benzene rings is 3. The van der Waals surface area contributed by atoms with Crippen LogP contribution in [0.4, 0.5) is 25.8 Å². The zero-order chi connectivity index (χ0) is 36.4. The van der Waals surface area contributed by atoms with Crippen LogP contribution in [-0.4, -0.2) is 43.0 Å². The van der Waals surface area contributed by atoms with Crippen molar-refractivity contribution in [2.45, 2.75) is 63.2 Å². The van der Waals surface area contributed by atoms with E-state index in [1.54, 1.807) is 18.2 Å². The van der Waals surface area contributed by atoms with Crippen molar-refractivity contribution in [3.63, 3.8) is 0 Å². The number of carbonyl (C=O) groups excluding carboxylic acids is 1. The molecule has 0 unspecified atom stereocenters. The van der Waals surface area contributed by atoms with Crippen molar-refractivity contribution < 1.29 is 31.5 Å². The van der Waals surface area contributed by atoms with Crippen LogP contribution in [0.25, 0.3) is 22.0 Å². The fraction of sp³-hybridized carbons (Fsp3) is 0.297. The molecular formula is C37H40F2N6O5S. The number of ether oxygens (including phenoxy) is 2. The predicted octanol–water partition coefficient (Wildman–Crippen LogP) is 7.81. The van der Waals surface area contributed by atoms with Gasteiger partial charge >= 0.3 is 0 Å². The summed E-state index contributed by atoms with van der Waals surface area (Å²) in [5, 5.41) is 3.61. The molecule has 0 fully saturated rings. The van der Waals surface area contributed by atoms with Crippen LogP contribution in [0.3, 0.4) is 0 Å². The minimum Gasteiger partial charge on any atom is -0.491 e. The number of nitrogens with zero attached hydrogens (tertiary/aromatic N) is 3. The number of anilines is 3. The lowest BCUT2D eigenvalue weighted by atomic mass is 10.0. The van der Waals surface area contributed by atoms with Gasteiger partial charge in [-0.05, 0) is 67.8 Å². The van der Waals surface area contributed by atoms with Crippen LogP contribution in [0.15, 0.2) is 78.1 Å². The molecule has 1 amide bonds. The number of nitrogens with two attached hydrogens (primary N) is 1. The minimum absolute atomic E-state index is 0.0334. The van der Waals surface area contributed by atoms with Crippen molar-refractivity contribution in [3.8, 4) is 22.8 Å². The quantitative estimate of drug-likeness (QED) is 0.0644. The molecule has 0 aliphatic rings. The zero-order valence-corrected chi connectivity index (χ0v) is 29.2. The second-order valence-corrected chi connectivity index (χ2v) is 13.7. The van der Waals surface area contributed by atoms with Crippen LogP contribution in [-0.2, 0) is 14.8 Å². The molecule has 14 heteroatoms. The van der Waals surface area contributed by atoms with E-state index in [9.17, 15) is 22.0 Å². The third-order valence-electron chi connectivity index (χ3n) is 8.25. The molecular weight excluding hydrogens is 679 g/mol. The third kappa shape index (κ3) is 9.66. The van der Waals surface area contributed by atoms with E-state index < -0.39 is 26.6 Å². The topological polar surface area (TPSA) is 158 Å². The zero-order valence-electron chi connectivity index (χ0n) is 28.4. The van der Waals surface area contributed by atoms with E-state index in [0.717, 1.165) is 68.2 Å². The Hall–Kier alpha value is -5.37. The van der Waals surface area contributed by atoms with Gasteiger partial charge in [0, 0.05) is 35.3 Å². The maximum Gasteiger partial charge on any atom is 0.264 e. The number of methoxy groups -OCH3 is 1. The Morgan fingerprint density at radius 2 is 1.61 bits per heavy atom. The van der Waals surface area contributed by atoms with E-state index in [4.69, 9.17) is 15.2 Å². The highest BCUT2D eigenvalue weighted by molar-refractivity contribution is 7.92. The van der Waals surface area contributed by atoms with Crippen LogP contribution < -0.4 is 25.2 Å². The Kier molecular flexibility index (Phi) is 12.3. The first-order valence-electron chi connectivity index (χ1n) is 16.6. The average molecular weight is 719 g/mol. The summed E-state index contributed by atoms with van der Waals surface area (Å²) in [6.45, 7) is 2.31. The van der Waals surface area contributed by atoms with Gasteiger partial charge in [0.25, 0.3) is 10.0 Å². The molecule has 2 heterocycles. The molecule has 268 valence electrons.